The first kappa shape index (κ1) is 11.8. The molecule has 1 aromatic heterocycles. The van der Waals surface area contributed by atoms with E-state index in [2.05, 4.69) is 4.98 Å². The average molecular weight is 218 g/mol. The summed E-state index contributed by atoms with van der Waals surface area (Å²) in [6.07, 6.45) is -2.69. The minimum absolute atomic E-state index is 0.00394. The number of aliphatic hydroxyl groups is 1. The minimum atomic E-state index is -2.69. The third-order valence-corrected chi connectivity index (χ3v) is 1.97. The number of aromatic nitrogens is 1. The van der Waals surface area contributed by atoms with Crippen LogP contribution in [0.4, 0.5) is 8.78 Å². The van der Waals surface area contributed by atoms with E-state index in [0.29, 0.717) is 5.69 Å². The van der Waals surface area contributed by atoms with Gasteiger partial charge in [0.1, 0.15) is 0 Å². The third-order valence-electron chi connectivity index (χ3n) is 1.97. The summed E-state index contributed by atoms with van der Waals surface area (Å²) in [5, 5.41) is 8.96. The first-order chi connectivity index (χ1) is 7.13. The Kier molecular flexibility index (Phi) is 3.93. The number of halogens is 2. The van der Waals surface area contributed by atoms with Crippen molar-refractivity contribution in [1.29, 1.82) is 0 Å². The lowest BCUT2D eigenvalue weighted by molar-refractivity contribution is 0.145. The van der Waals surface area contributed by atoms with Gasteiger partial charge in [-0.3, -0.25) is 0 Å². The molecule has 3 N–H and O–H groups in total. The van der Waals surface area contributed by atoms with Crippen molar-refractivity contribution in [3.8, 4) is 5.88 Å². The molecule has 0 unspecified atom stereocenters. The molecule has 0 amide bonds. The highest BCUT2D eigenvalue weighted by atomic mass is 19.3. The number of nitrogens with two attached hydrogens (primary N) is 1. The second-order valence-corrected chi connectivity index (χ2v) is 2.85. The summed E-state index contributed by atoms with van der Waals surface area (Å²) in [6.45, 7) is -0.498. The maximum absolute atomic E-state index is 12.6. The van der Waals surface area contributed by atoms with Crippen molar-refractivity contribution in [3.05, 3.63) is 22.9 Å². The van der Waals surface area contributed by atoms with Crippen LogP contribution in [0.2, 0.25) is 0 Å². The van der Waals surface area contributed by atoms with E-state index in [1.54, 1.807) is 0 Å². The normalized spacial score (nSPS) is 10.8. The SMILES string of the molecule is COc1nc(CN)cc(C(F)F)c1CO. The summed E-state index contributed by atoms with van der Waals surface area (Å²) in [6, 6.07) is 1.18. The highest BCUT2D eigenvalue weighted by molar-refractivity contribution is 5.37. The van der Waals surface area contributed by atoms with Gasteiger partial charge in [0.05, 0.1) is 19.4 Å². The van der Waals surface area contributed by atoms with Crippen molar-refractivity contribution in [2.24, 2.45) is 5.73 Å². The molecule has 1 rings (SSSR count). The lowest BCUT2D eigenvalue weighted by atomic mass is 10.1. The average Bonchev–Trinajstić information content (AvgIpc) is 2.26. The van der Waals surface area contributed by atoms with E-state index in [4.69, 9.17) is 15.6 Å². The Morgan fingerprint density at radius 1 is 1.60 bits per heavy atom. The van der Waals surface area contributed by atoms with Crippen LogP contribution >= 0.6 is 0 Å². The predicted molar refractivity (Wildman–Crippen MR) is 49.6 cm³/mol. The van der Waals surface area contributed by atoms with Crippen molar-refractivity contribution in [1.82, 2.24) is 4.98 Å². The minimum Gasteiger partial charge on any atom is -0.481 e. The molecule has 15 heavy (non-hydrogen) atoms. The van der Waals surface area contributed by atoms with Crippen LogP contribution in [0.3, 0.4) is 0 Å². The van der Waals surface area contributed by atoms with Gasteiger partial charge in [-0.1, -0.05) is 0 Å². The van der Waals surface area contributed by atoms with Gasteiger partial charge in [-0.2, -0.15) is 0 Å². The van der Waals surface area contributed by atoms with Crippen LogP contribution in [0.15, 0.2) is 6.07 Å². The number of nitrogens with zero attached hydrogens (tertiary/aromatic N) is 1. The zero-order valence-electron chi connectivity index (χ0n) is 8.20. The number of ether oxygens (including phenoxy) is 1. The van der Waals surface area contributed by atoms with Gasteiger partial charge >= 0.3 is 0 Å². The molecular formula is C9H12F2N2O2. The number of aliphatic hydroxyl groups excluding tert-OH is 1. The molecule has 0 aromatic carbocycles. The molecule has 4 nitrogen and oxygen atoms in total. The number of methoxy groups -OCH3 is 1. The maximum atomic E-state index is 12.6. The van der Waals surface area contributed by atoms with Crippen molar-refractivity contribution in [2.75, 3.05) is 7.11 Å². The Morgan fingerprint density at radius 3 is 2.67 bits per heavy atom. The molecule has 0 aliphatic carbocycles. The quantitative estimate of drug-likeness (QED) is 0.790. The van der Waals surface area contributed by atoms with Crippen molar-refractivity contribution >= 4 is 0 Å². The Labute approximate surface area is 85.7 Å². The van der Waals surface area contributed by atoms with E-state index in [0.717, 1.165) is 0 Å². The Balaban J connectivity index is 3.32. The predicted octanol–water partition coefficient (Wildman–Crippen LogP) is 0.979. The Morgan fingerprint density at radius 2 is 2.27 bits per heavy atom. The number of alkyl halides is 2. The van der Waals surface area contributed by atoms with Crippen LogP contribution in [0.5, 0.6) is 5.88 Å². The van der Waals surface area contributed by atoms with Crippen molar-refractivity contribution in [3.63, 3.8) is 0 Å². The van der Waals surface area contributed by atoms with E-state index in [9.17, 15) is 8.78 Å². The number of rotatable bonds is 4. The fourth-order valence-corrected chi connectivity index (χ4v) is 1.25. The van der Waals surface area contributed by atoms with E-state index in [1.165, 1.54) is 13.2 Å². The number of hydrogen-bond acceptors (Lipinski definition) is 4. The van der Waals surface area contributed by atoms with Crippen LogP contribution in [0.1, 0.15) is 23.2 Å². The Hall–Kier alpha value is -1.27. The standard InChI is InChI=1S/C9H12F2N2O2/c1-15-9-7(4-14)6(8(10)11)2-5(3-12)13-9/h2,8,14H,3-4,12H2,1H3. The van der Waals surface area contributed by atoms with Crippen LogP contribution in [0, 0.1) is 0 Å². The summed E-state index contributed by atoms with van der Waals surface area (Å²) in [4.78, 5) is 3.88. The van der Waals surface area contributed by atoms with Gasteiger partial charge in [0.25, 0.3) is 6.43 Å². The summed E-state index contributed by atoms with van der Waals surface area (Å²) >= 11 is 0. The first-order valence-electron chi connectivity index (χ1n) is 4.29. The fourth-order valence-electron chi connectivity index (χ4n) is 1.25. The smallest absolute Gasteiger partial charge is 0.264 e. The zero-order valence-corrected chi connectivity index (χ0v) is 8.20. The molecule has 1 aromatic rings. The Bertz CT molecular complexity index is 345. The van der Waals surface area contributed by atoms with Crippen molar-refractivity contribution in [2.45, 2.75) is 19.6 Å². The molecule has 6 heteroatoms. The molecule has 0 aliphatic heterocycles. The van der Waals surface area contributed by atoms with E-state index < -0.39 is 13.0 Å². The summed E-state index contributed by atoms with van der Waals surface area (Å²) in [7, 11) is 1.30. The topological polar surface area (TPSA) is 68.4 Å². The second-order valence-electron chi connectivity index (χ2n) is 2.85. The molecule has 1 heterocycles. The lowest BCUT2D eigenvalue weighted by Gasteiger charge is -2.12. The van der Waals surface area contributed by atoms with Crippen molar-refractivity contribution < 1.29 is 18.6 Å². The van der Waals surface area contributed by atoms with Gasteiger partial charge in [-0.05, 0) is 6.07 Å². The van der Waals surface area contributed by atoms with Gasteiger partial charge in [0.15, 0.2) is 0 Å². The van der Waals surface area contributed by atoms with Gasteiger partial charge in [0.2, 0.25) is 5.88 Å². The molecule has 0 saturated heterocycles. The third kappa shape index (κ3) is 2.40. The molecule has 0 fully saturated rings. The van der Waals surface area contributed by atoms with Crippen LogP contribution in [0.25, 0.3) is 0 Å². The van der Waals surface area contributed by atoms with Crippen LogP contribution in [-0.4, -0.2) is 17.2 Å². The lowest BCUT2D eigenvalue weighted by Crippen LogP contribution is -2.07. The second kappa shape index (κ2) is 4.99. The van der Waals surface area contributed by atoms with Gasteiger partial charge in [-0.25, -0.2) is 13.8 Å². The maximum Gasteiger partial charge on any atom is 0.264 e. The molecule has 84 valence electrons. The fraction of sp³-hybridized carbons (Fsp3) is 0.444. The molecule has 0 bridgehead atoms. The molecule has 0 saturated carbocycles. The van der Waals surface area contributed by atoms with E-state index in [-0.39, 0.29) is 23.6 Å². The largest absolute Gasteiger partial charge is 0.481 e. The molecule has 0 spiro atoms. The van der Waals surface area contributed by atoms with E-state index >= 15 is 0 Å². The number of hydrogen-bond donors (Lipinski definition) is 2. The highest BCUT2D eigenvalue weighted by Crippen LogP contribution is 2.29. The first-order valence-corrected chi connectivity index (χ1v) is 4.29. The number of pyridine rings is 1. The van der Waals surface area contributed by atoms with Crippen LogP contribution < -0.4 is 10.5 Å². The summed E-state index contributed by atoms with van der Waals surface area (Å²) in [5.41, 5.74) is 5.33. The van der Waals surface area contributed by atoms with E-state index in [1.807, 2.05) is 0 Å². The van der Waals surface area contributed by atoms with Gasteiger partial charge in [-0.15, -0.1) is 0 Å². The molecule has 0 radical (unpaired) electrons. The molecule has 0 aliphatic rings. The van der Waals surface area contributed by atoms with Gasteiger partial charge in [0, 0.05) is 17.7 Å². The monoisotopic (exact) mass is 218 g/mol. The molecule has 0 atom stereocenters. The van der Waals surface area contributed by atoms with Gasteiger partial charge < -0.3 is 15.6 Å². The zero-order chi connectivity index (χ0) is 11.4. The summed E-state index contributed by atoms with van der Waals surface area (Å²) < 4.78 is 30.0. The summed E-state index contributed by atoms with van der Waals surface area (Å²) in [5.74, 6) is -0.00394. The highest BCUT2D eigenvalue weighted by Gasteiger charge is 2.18. The molecular weight excluding hydrogens is 206 g/mol. The van der Waals surface area contributed by atoms with Crippen LogP contribution in [-0.2, 0) is 13.2 Å².